The van der Waals surface area contributed by atoms with Gasteiger partial charge >= 0.3 is 0 Å². The SMILES string of the molecule is O=C(NCC1CNCC1O)c1cc2c(s1)CCOC2. The number of carbonyl (C=O) groups is 1. The van der Waals surface area contributed by atoms with Crippen LogP contribution in [0.4, 0.5) is 0 Å². The number of aliphatic hydroxyl groups is 1. The Bertz CT molecular complexity index is 451. The summed E-state index contributed by atoms with van der Waals surface area (Å²) in [5.74, 6) is 0.0698. The molecular weight excluding hydrogens is 264 g/mol. The number of hydrogen-bond donors (Lipinski definition) is 3. The van der Waals surface area contributed by atoms with Crippen LogP contribution >= 0.6 is 11.3 Å². The maximum absolute atomic E-state index is 12.1. The molecular formula is C13H18N2O3S. The minimum atomic E-state index is -0.356. The van der Waals surface area contributed by atoms with Gasteiger partial charge in [-0.3, -0.25) is 4.79 Å². The second-order valence-corrected chi connectivity index (χ2v) is 6.19. The third kappa shape index (κ3) is 2.81. The molecule has 1 saturated heterocycles. The van der Waals surface area contributed by atoms with Crippen LogP contribution in [0, 0.1) is 5.92 Å². The van der Waals surface area contributed by atoms with E-state index in [1.807, 2.05) is 6.07 Å². The standard InChI is InChI=1S/C13H18N2O3S/c16-10-6-14-4-9(10)5-15-13(17)12-3-8-7-18-2-1-11(8)19-12/h3,9-10,14,16H,1-2,4-7H2,(H,15,17). The average Bonchev–Trinajstić information content (AvgIpc) is 3.01. The molecule has 2 atom stereocenters. The van der Waals surface area contributed by atoms with Crippen LogP contribution < -0.4 is 10.6 Å². The largest absolute Gasteiger partial charge is 0.391 e. The summed E-state index contributed by atoms with van der Waals surface area (Å²) in [5, 5.41) is 15.7. The topological polar surface area (TPSA) is 70.6 Å². The van der Waals surface area contributed by atoms with Crippen LogP contribution in [0.3, 0.4) is 0 Å². The van der Waals surface area contributed by atoms with Crippen molar-refractivity contribution in [3.63, 3.8) is 0 Å². The van der Waals surface area contributed by atoms with Gasteiger partial charge in [0.05, 0.1) is 24.2 Å². The lowest BCUT2D eigenvalue weighted by molar-refractivity contribution is 0.0930. The predicted molar refractivity (Wildman–Crippen MR) is 72.4 cm³/mol. The zero-order valence-corrected chi connectivity index (χ0v) is 11.5. The Labute approximate surface area is 116 Å². The highest BCUT2D eigenvalue weighted by Crippen LogP contribution is 2.26. The van der Waals surface area contributed by atoms with Gasteiger partial charge in [-0.2, -0.15) is 0 Å². The van der Waals surface area contributed by atoms with Crippen molar-refractivity contribution in [1.29, 1.82) is 0 Å². The van der Waals surface area contributed by atoms with Crippen molar-refractivity contribution in [1.82, 2.24) is 10.6 Å². The van der Waals surface area contributed by atoms with E-state index >= 15 is 0 Å². The minimum absolute atomic E-state index is 0.0431. The molecule has 3 rings (SSSR count). The summed E-state index contributed by atoms with van der Waals surface area (Å²) in [4.78, 5) is 14.1. The second kappa shape index (κ2) is 5.58. The predicted octanol–water partition coefficient (Wildman–Crippen LogP) is 0.131. The highest BCUT2D eigenvalue weighted by molar-refractivity contribution is 7.14. The molecule has 0 bridgehead atoms. The Balaban J connectivity index is 1.59. The molecule has 5 nitrogen and oxygen atoms in total. The molecule has 3 heterocycles. The number of hydrogen-bond acceptors (Lipinski definition) is 5. The fourth-order valence-electron chi connectivity index (χ4n) is 2.50. The maximum atomic E-state index is 12.1. The fourth-order valence-corrected chi connectivity index (χ4v) is 3.56. The quantitative estimate of drug-likeness (QED) is 0.737. The van der Waals surface area contributed by atoms with E-state index in [-0.39, 0.29) is 17.9 Å². The van der Waals surface area contributed by atoms with Gasteiger partial charge in [0.25, 0.3) is 5.91 Å². The highest BCUT2D eigenvalue weighted by atomic mass is 32.1. The van der Waals surface area contributed by atoms with E-state index in [1.165, 1.54) is 4.88 Å². The molecule has 0 spiro atoms. The summed E-state index contributed by atoms with van der Waals surface area (Å²) in [5.41, 5.74) is 1.14. The Morgan fingerprint density at radius 1 is 1.58 bits per heavy atom. The Morgan fingerprint density at radius 2 is 2.47 bits per heavy atom. The molecule has 0 saturated carbocycles. The van der Waals surface area contributed by atoms with Gasteiger partial charge in [0.2, 0.25) is 0 Å². The monoisotopic (exact) mass is 282 g/mol. The first-order chi connectivity index (χ1) is 9.24. The molecule has 0 aliphatic carbocycles. The number of ether oxygens (including phenoxy) is 1. The van der Waals surface area contributed by atoms with E-state index in [2.05, 4.69) is 10.6 Å². The molecule has 0 radical (unpaired) electrons. The van der Waals surface area contributed by atoms with Crippen molar-refractivity contribution in [3.8, 4) is 0 Å². The van der Waals surface area contributed by atoms with Crippen LogP contribution in [0.2, 0.25) is 0 Å². The summed E-state index contributed by atoms with van der Waals surface area (Å²) in [6.45, 7) is 3.26. The highest BCUT2D eigenvalue weighted by Gasteiger charge is 2.25. The number of thiophene rings is 1. The number of fused-ring (bicyclic) bond motifs is 1. The number of β-amino-alcohol motifs (C(OH)–C–C–N with tert-alkyl or cyclic N) is 1. The Hall–Kier alpha value is -0.950. The first-order valence-electron chi connectivity index (χ1n) is 6.60. The summed E-state index contributed by atoms with van der Waals surface area (Å²) in [6.07, 6.45) is 0.545. The van der Waals surface area contributed by atoms with Gasteiger partial charge in [0.1, 0.15) is 0 Å². The third-order valence-electron chi connectivity index (χ3n) is 3.68. The smallest absolute Gasteiger partial charge is 0.261 e. The average molecular weight is 282 g/mol. The molecule has 1 aromatic heterocycles. The molecule has 1 amide bonds. The lowest BCUT2D eigenvalue weighted by Gasteiger charge is -2.13. The van der Waals surface area contributed by atoms with Gasteiger partial charge in [-0.1, -0.05) is 0 Å². The first kappa shape index (κ1) is 13.1. The van der Waals surface area contributed by atoms with Gasteiger partial charge in [0, 0.05) is 36.9 Å². The lowest BCUT2D eigenvalue weighted by atomic mass is 10.1. The molecule has 19 heavy (non-hydrogen) atoms. The Kier molecular flexibility index (Phi) is 3.83. The number of carbonyl (C=O) groups excluding carboxylic acids is 1. The summed E-state index contributed by atoms with van der Waals surface area (Å²) in [6, 6.07) is 1.93. The number of nitrogens with one attached hydrogen (secondary N) is 2. The molecule has 2 unspecified atom stereocenters. The van der Waals surface area contributed by atoms with Crippen LogP contribution in [0.25, 0.3) is 0 Å². The first-order valence-corrected chi connectivity index (χ1v) is 7.42. The normalized spacial score (nSPS) is 26.2. The fraction of sp³-hybridized carbons (Fsp3) is 0.615. The van der Waals surface area contributed by atoms with E-state index in [0.29, 0.717) is 19.7 Å². The molecule has 3 N–H and O–H groups in total. The lowest BCUT2D eigenvalue weighted by Crippen LogP contribution is -2.34. The Morgan fingerprint density at radius 3 is 3.21 bits per heavy atom. The molecule has 2 aliphatic heterocycles. The molecule has 104 valence electrons. The van der Waals surface area contributed by atoms with E-state index in [4.69, 9.17) is 4.74 Å². The summed E-state index contributed by atoms with van der Waals surface area (Å²) < 4.78 is 5.38. The maximum Gasteiger partial charge on any atom is 0.261 e. The van der Waals surface area contributed by atoms with Gasteiger partial charge in [-0.15, -0.1) is 11.3 Å². The van der Waals surface area contributed by atoms with Crippen LogP contribution in [0.1, 0.15) is 20.1 Å². The van der Waals surface area contributed by atoms with Crippen molar-refractivity contribution >= 4 is 17.2 Å². The number of amides is 1. The van der Waals surface area contributed by atoms with E-state index in [0.717, 1.165) is 30.0 Å². The van der Waals surface area contributed by atoms with Crippen molar-refractivity contribution in [2.24, 2.45) is 5.92 Å². The number of rotatable bonds is 3. The van der Waals surface area contributed by atoms with Gasteiger partial charge in [-0.05, 0) is 11.6 Å². The molecule has 6 heteroatoms. The second-order valence-electron chi connectivity index (χ2n) is 5.06. The van der Waals surface area contributed by atoms with Crippen molar-refractivity contribution < 1.29 is 14.6 Å². The van der Waals surface area contributed by atoms with E-state index in [9.17, 15) is 9.90 Å². The minimum Gasteiger partial charge on any atom is -0.391 e. The third-order valence-corrected chi connectivity index (χ3v) is 4.92. The van der Waals surface area contributed by atoms with Crippen molar-refractivity contribution in [2.75, 3.05) is 26.2 Å². The van der Waals surface area contributed by atoms with Gasteiger partial charge in [0.15, 0.2) is 0 Å². The van der Waals surface area contributed by atoms with Crippen molar-refractivity contribution in [3.05, 3.63) is 21.4 Å². The molecule has 0 aromatic carbocycles. The van der Waals surface area contributed by atoms with Crippen molar-refractivity contribution in [2.45, 2.75) is 19.1 Å². The van der Waals surface area contributed by atoms with Crippen LogP contribution in [0.5, 0.6) is 0 Å². The molecule has 1 aromatic rings. The summed E-state index contributed by atoms with van der Waals surface area (Å²) in [7, 11) is 0. The van der Waals surface area contributed by atoms with Gasteiger partial charge < -0.3 is 20.5 Å². The zero-order valence-electron chi connectivity index (χ0n) is 10.6. The van der Waals surface area contributed by atoms with Crippen LogP contribution in [-0.4, -0.2) is 43.4 Å². The van der Waals surface area contributed by atoms with E-state index in [1.54, 1.807) is 11.3 Å². The van der Waals surface area contributed by atoms with Crippen LogP contribution in [0.15, 0.2) is 6.07 Å². The van der Waals surface area contributed by atoms with Gasteiger partial charge in [-0.25, -0.2) is 0 Å². The van der Waals surface area contributed by atoms with E-state index < -0.39 is 0 Å². The number of aliphatic hydroxyl groups excluding tert-OH is 1. The zero-order chi connectivity index (χ0) is 13.2. The molecule has 1 fully saturated rings. The van der Waals surface area contributed by atoms with Crippen LogP contribution in [-0.2, 0) is 17.8 Å². The molecule has 2 aliphatic rings. The summed E-state index contributed by atoms with van der Waals surface area (Å²) >= 11 is 1.56.